The van der Waals surface area contributed by atoms with Crippen molar-refractivity contribution in [2.45, 2.75) is 32.2 Å². The summed E-state index contributed by atoms with van der Waals surface area (Å²) in [5, 5.41) is 6.36. The Labute approximate surface area is 125 Å². The van der Waals surface area contributed by atoms with E-state index in [1.54, 1.807) is 0 Å². The van der Waals surface area contributed by atoms with Crippen LogP contribution >= 0.6 is 0 Å². The molecule has 1 aliphatic heterocycles. The van der Waals surface area contributed by atoms with Gasteiger partial charge < -0.3 is 10.6 Å². The van der Waals surface area contributed by atoms with Crippen LogP contribution in [0.3, 0.4) is 0 Å². The number of rotatable bonds is 4. The molecule has 1 aliphatic rings. The monoisotopic (exact) mass is 280 g/mol. The minimum atomic E-state index is -0.183. The number of carbonyl (C=O) groups is 1. The number of para-hydroxylation sites is 2. The molecule has 21 heavy (non-hydrogen) atoms. The maximum atomic E-state index is 12.5. The number of aryl methyl sites for hydroxylation is 1. The zero-order valence-electron chi connectivity index (χ0n) is 12.2. The van der Waals surface area contributed by atoms with Crippen molar-refractivity contribution in [3.63, 3.8) is 0 Å². The highest BCUT2D eigenvalue weighted by molar-refractivity contribution is 5.98. The molecule has 0 saturated carbocycles. The third-order valence-electron chi connectivity index (χ3n) is 3.88. The van der Waals surface area contributed by atoms with E-state index in [2.05, 4.69) is 29.7 Å². The minimum Gasteiger partial charge on any atom is -0.373 e. The van der Waals surface area contributed by atoms with Gasteiger partial charge in [-0.3, -0.25) is 4.79 Å². The lowest BCUT2D eigenvalue weighted by Crippen LogP contribution is -2.33. The first kappa shape index (κ1) is 13.7. The van der Waals surface area contributed by atoms with Gasteiger partial charge in [0, 0.05) is 17.8 Å². The number of nitrogens with one attached hydrogen (secondary N) is 2. The third kappa shape index (κ3) is 2.92. The predicted octanol–water partition coefficient (Wildman–Crippen LogP) is 3.61. The summed E-state index contributed by atoms with van der Waals surface area (Å²) in [7, 11) is 0. The Bertz CT molecular complexity index is 626. The van der Waals surface area contributed by atoms with E-state index in [9.17, 15) is 4.79 Å². The van der Waals surface area contributed by atoms with Crippen LogP contribution in [-0.4, -0.2) is 11.9 Å². The minimum absolute atomic E-state index is 0.0368. The molecule has 0 saturated heterocycles. The Morgan fingerprint density at radius 1 is 1.19 bits per heavy atom. The van der Waals surface area contributed by atoms with Crippen LogP contribution in [0.15, 0.2) is 48.5 Å². The standard InChI is InChI=1S/C18H20N2O/c1-2-7-13-8-3-5-10-15(13)20-18(21)17-12-14-9-4-6-11-16(14)19-17/h3-6,8-11,17,19H,2,7,12H2,1H3,(H,20,21)/t17-/m0/s1. The molecule has 3 heteroatoms. The van der Waals surface area contributed by atoms with Crippen molar-refractivity contribution in [2.24, 2.45) is 0 Å². The summed E-state index contributed by atoms with van der Waals surface area (Å²) in [4.78, 5) is 12.5. The number of benzene rings is 2. The Morgan fingerprint density at radius 3 is 2.76 bits per heavy atom. The Hall–Kier alpha value is -2.29. The second-order valence-electron chi connectivity index (χ2n) is 5.45. The number of fused-ring (bicyclic) bond motifs is 1. The smallest absolute Gasteiger partial charge is 0.247 e. The van der Waals surface area contributed by atoms with Crippen LogP contribution in [0.25, 0.3) is 0 Å². The molecule has 2 aromatic rings. The van der Waals surface area contributed by atoms with E-state index in [0.29, 0.717) is 0 Å². The van der Waals surface area contributed by atoms with Crippen molar-refractivity contribution < 1.29 is 4.79 Å². The van der Waals surface area contributed by atoms with Crippen molar-refractivity contribution in [2.75, 3.05) is 10.6 Å². The van der Waals surface area contributed by atoms with E-state index >= 15 is 0 Å². The summed E-state index contributed by atoms with van der Waals surface area (Å²) in [6.07, 6.45) is 2.80. The van der Waals surface area contributed by atoms with E-state index < -0.39 is 0 Å². The van der Waals surface area contributed by atoms with Gasteiger partial charge in [-0.15, -0.1) is 0 Å². The third-order valence-corrected chi connectivity index (χ3v) is 3.88. The molecule has 0 radical (unpaired) electrons. The highest BCUT2D eigenvalue weighted by atomic mass is 16.2. The summed E-state index contributed by atoms with van der Waals surface area (Å²) < 4.78 is 0. The summed E-state index contributed by atoms with van der Waals surface area (Å²) in [6.45, 7) is 2.15. The van der Waals surface area contributed by atoms with Crippen molar-refractivity contribution >= 4 is 17.3 Å². The first-order chi connectivity index (χ1) is 10.3. The fraction of sp³-hybridized carbons (Fsp3) is 0.278. The van der Waals surface area contributed by atoms with E-state index in [4.69, 9.17) is 0 Å². The molecule has 0 spiro atoms. The van der Waals surface area contributed by atoms with E-state index in [0.717, 1.165) is 30.6 Å². The fourth-order valence-corrected chi connectivity index (χ4v) is 2.81. The number of anilines is 2. The van der Waals surface area contributed by atoms with Gasteiger partial charge in [-0.05, 0) is 29.7 Å². The first-order valence-electron chi connectivity index (χ1n) is 7.51. The molecule has 0 aromatic heterocycles. The van der Waals surface area contributed by atoms with Crippen molar-refractivity contribution in [3.8, 4) is 0 Å². The quantitative estimate of drug-likeness (QED) is 0.898. The second-order valence-corrected chi connectivity index (χ2v) is 5.45. The number of carbonyl (C=O) groups excluding carboxylic acids is 1. The van der Waals surface area contributed by atoms with Crippen LogP contribution < -0.4 is 10.6 Å². The van der Waals surface area contributed by atoms with E-state index in [1.807, 2.05) is 36.4 Å². The molecule has 1 heterocycles. The van der Waals surface area contributed by atoms with Crippen LogP contribution in [0.2, 0.25) is 0 Å². The molecular weight excluding hydrogens is 260 g/mol. The Morgan fingerprint density at radius 2 is 1.95 bits per heavy atom. The molecule has 0 fully saturated rings. The molecule has 1 atom stereocenters. The van der Waals surface area contributed by atoms with Crippen LogP contribution in [-0.2, 0) is 17.6 Å². The van der Waals surface area contributed by atoms with Crippen LogP contribution in [0.4, 0.5) is 11.4 Å². The second kappa shape index (κ2) is 6.00. The average molecular weight is 280 g/mol. The van der Waals surface area contributed by atoms with E-state index in [1.165, 1.54) is 11.1 Å². The molecule has 2 N–H and O–H groups in total. The number of amides is 1. The molecular formula is C18H20N2O. The fourth-order valence-electron chi connectivity index (χ4n) is 2.81. The maximum Gasteiger partial charge on any atom is 0.247 e. The zero-order valence-corrected chi connectivity index (χ0v) is 12.2. The van der Waals surface area contributed by atoms with Gasteiger partial charge in [-0.25, -0.2) is 0 Å². The molecule has 0 unspecified atom stereocenters. The summed E-state index contributed by atoms with van der Waals surface area (Å²) >= 11 is 0. The topological polar surface area (TPSA) is 41.1 Å². The lowest BCUT2D eigenvalue weighted by molar-refractivity contribution is -0.116. The Kier molecular flexibility index (Phi) is 3.91. The van der Waals surface area contributed by atoms with Gasteiger partial charge in [-0.1, -0.05) is 49.7 Å². The van der Waals surface area contributed by atoms with E-state index in [-0.39, 0.29) is 11.9 Å². The van der Waals surface area contributed by atoms with Gasteiger partial charge >= 0.3 is 0 Å². The van der Waals surface area contributed by atoms with Gasteiger partial charge in [0.1, 0.15) is 6.04 Å². The van der Waals surface area contributed by atoms with Crippen LogP contribution in [0.1, 0.15) is 24.5 Å². The Balaban J connectivity index is 1.71. The van der Waals surface area contributed by atoms with Gasteiger partial charge in [0.2, 0.25) is 5.91 Å². The highest BCUT2D eigenvalue weighted by Crippen LogP contribution is 2.26. The molecule has 0 bridgehead atoms. The largest absolute Gasteiger partial charge is 0.373 e. The molecule has 108 valence electrons. The maximum absolute atomic E-state index is 12.5. The summed E-state index contributed by atoms with van der Waals surface area (Å²) in [6, 6.07) is 15.9. The molecule has 2 aromatic carbocycles. The van der Waals surface area contributed by atoms with Crippen LogP contribution in [0.5, 0.6) is 0 Å². The summed E-state index contributed by atoms with van der Waals surface area (Å²) in [5.41, 5.74) is 4.41. The van der Waals surface area contributed by atoms with Gasteiger partial charge in [0.15, 0.2) is 0 Å². The molecule has 0 aliphatic carbocycles. The first-order valence-corrected chi connectivity index (χ1v) is 7.51. The summed E-state index contributed by atoms with van der Waals surface area (Å²) in [5.74, 6) is 0.0368. The number of hydrogen-bond acceptors (Lipinski definition) is 2. The average Bonchev–Trinajstić information content (AvgIpc) is 2.93. The van der Waals surface area contributed by atoms with Gasteiger partial charge in [0.05, 0.1) is 0 Å². The zero-order chi connectivity index (χ0) is 14.7. The number of hydrogen-bond donors (Lipinski definition) is 2. The lowest BCUT2D eigenvalue weighted by atomic mass is 10.1. The van der Waals surface area contributed by atoms with Crippen LogP contribution in [0, 0.1) is 0 Å². The van der Waals surface area contributed by atoms with Crippen molar-refractivity contribution in [1.29, 1.82) is 0 Å². The predicted molar refractivity (Wildman–Crippen MR) is 86.6 cm³/mol. The normalized spacial score (nSPS) is 16.1. The van der Waals surface area contributed by atoms with Gasteiger partial charge in [0.25, 0.3) is 0 Å². The molecule has 3 nitrogen and oxygen atoms in total. The van der Waals surface area contributed by atoms with Crippen molar-refractivity contribution in [3.05, 3.63) is 59.7 Å². The highest BCUT2D eigenvalue weighted by Gasteiger charge is 2.26. The lowest BCUT2D eigenvalue weighted by Gasteiger charge is -2.14. The van der Waals surface area contributed by atoms with Gasteiger partial charge in [-0.2, -0.15) is 0 Å². The van der Waals surface area contributed by atoms with Crippen molar-refractivity contribution in [1.82, 2.24) is 0 Å². The SMILES string of the molecule is CCCc1ccccc1NC(=O)[C@@H]1Cc2ccccc2N1. The molecule has 3 rings (SSSR count). The molecule has 1 amide bonds.